The van der Waals surface area contributed by atoms with Gasteiger partial charge in [0, 0.05) is 16.8 Å². The second kappa shape index (κ2) is 7.44. The Balaban J connectivity index is 2.41. The molecule has 2 aromatic rings. The van der Waals surface area contributed by atoms with Crippen molar-refractivity contribution in [3.63, 3.8) is 0 Å². The molecule has 0 radical (unpaired) electrons. The molecule has 0 bridgehead atoms. The van der Waals surface area contributed by atoms with Gasteiger partial charge in [-0.1, -0.05) is 23.8 Å². The summed E-state index contributed by atoms with van der Waals surface area (Å²) in [4.78, 5) is 12.9. The van der Waals surface area contributed by atoms with Crippen molar-refractivity contribution in [3.8, 4) is 0 Å². The minimum Gasteiger partial charge on any atom is -0.321 e. The summed E-state index contributed by atoms with van der Waals surface area (Å²) in [6.07, 6.45) is 0. The Morgan fingerprint density at radius 2 is 1.44 bits per heavy atom. The molecule has 2 rings (SSSR count). The van der Waals surface area contributed by atoms with Gasteiger partial charge in [0.2, 0.25) is 10.0 Å². The maximum atomic E-state index is 12.9. The number of benzene rings is 2. The molecule has 6 heteroatoms. The van der Waals surface area contributed by atoms with E-state index in [9.17, 15) is 13.2 Å². The van der Waals surface area contributed by atoms with Gasteiger partial charge >= 0.3 is 0 Å². The molecule has 0 spiro atoms. The molecular formula is C21H28N2O3S. The number of carbonyl (C=O) groups excluding carboxylic acids is 1. The van der Waals surface area contributed by atoms with Crippen LogP contribution < -0.4 is 10.0 Å². The summed E-state index contributed by atoms with van der Waals surface area (Å²) in [5.74, 6) is -0.324. The van der Waals surface area contributed by atoms with E-state index < -0.39 is 15.6 Å². The summed E-state index contributed by atoms with van der Waals surface area (Å²) in [6, 6.07) is 8.61. The standard InChI is InChI=1S/C21H28N2O3S/c1-13-10-15(3)19(16(4)11-13)22-20(24)18-12-17(9-8-14(18)2)27(25,26)23-21(5,6)7/h8-12,23H,1-7H3,(H,22,24). The second-order valence-corrected chi connectivity index (χ2v) is 9.74. The van der Waals surface area contributed by atoms with Crippen molar-refractivity contribution in [1.82, 2.24) is 4.72 Å². The van der Waals surface area contributed by atoms with Crippen LogP contribution in [0, 0.1) is 27.7 Å². The second-order valence-electron chi connectivity index (χ2n) is 8.06. The lowest BCUT2D eigenvalue weighted by Gasteiger charge is -2.21. The summed E-state index contributed by atoms with van der Waals surface area (Å²) in [5.41, 5.74) is 4.26. The van der Waals surface area contributed by atoms with Crippen molar-refractivity contribution < 1.29 is 13.2 Å². The molecule has 0 aliphatic rings. The van der Waals surface area contributed by atoms with E-state index in [0.29, 0.717) is 11.1 Å². The third-order valence-corrected chi connectivity index (χ3v) is 5.88. The van der Waals surface area contributed by atoms with E-state index in [-0.39, 0.29) is 10.8 Å². The Morgan fingerprint density at radius 3 is 1.96 bits per heavy atom. The van der Waals surface area contributed by atoms with Crippen LogP contribution in [0.3, 0.4) is 0 Å². The Hall–Kier alpha value is -2.18. The molecule has 0 atom stereocenters. The van der Waals surface area contributed by atoms with Gasteiger partial charge < -0.3 is 5.32 Å². The first-order valence-corrected chi connectivity index (χ1v) is 10.3. The molecule has 0 saturated heterocycles. The Bertz CT molecular complexity index is 964. The average Bonchev–Trinajstić information content (AvgIpc) is 2.48. The van der Waals surface area contributed by atoms with E-state index in [2.05, 4.69) is 10.0 Å². The molecule has 2 N–H and O–H groups in total. The van der Waals surface area contributed by atoms with Crippen LogP contribution in [0.5, 0.6) is 0 Å². The summed E-state index contributed by atoms with van der Waals surface area (Å²) < 4.78 is 27.8. The zero-order valence-electron chi connectivity index (χ0n) is 17.0. The highest BCUT2D eigenvalue weighted by atomic mass is 32.2. The van der Waals surface area contributed by atoms with E-state index in [0.717, 1.165) is 22.4 Å². The highest BCUT2D eigenvalue weighted by Gasteiger charge is 2.23. The van der Waals surface area contributed by atoms with Gasteiger partial charge in [-0.25, -0.2) is 13.1 Å². The van der Waals surface area contributed by atoms with Crippen LogP contribution in [0.2, 0.25) is 0 Å². The maximum Gasteiger partial charge on any atom is 0.255 e. The number of amides is 1. The van der Waals surface area contributed by atoms with E-state index in [1.54, 1.807) is 33.8 Å². The number of carbonyl (C=O) groups is 1. The molecule has 0 aliphatic heterocycles. The summed E-state index contributed by atoms with van der Waals surface area (Å²) >= 11 is 0. The number of nitrogens with one attached hydrogen (secondary N) is 2. The smallest absolute Gasteiger partial charge is 0.255 e. The van der Waals surface area contributed by atoms with Gasteiger partial charge in [0.05, 0.1) is 4.90 Å². The van der Waals surface area contributed by atoms with Crippen LogP contribution in [0.1, 0.15) is 53.4 Å². The molecule has 5 nitrogen and oxygen atoms in total. The lowest BCUT2D eigenvalue weighted by molar-refractivity contribution is 0.102. The Kier molecular flexibility index (Phi) is 5.82. The van der Waals surface area contributed by atoms with Gasteiger partial charge in [-0.05, 0) is 77.3 Å². The molecule has 27 heavy (non-hydrogen) atoms. The van der Waals surface area contributed by atoms with Crippen LogP contribution in [-0.2, 0) is 10.0 Å². The monoisotopic (exact) mass is 388 g/mol. The fourth-order valence-electron chi connectivity index (χ4n) is 3.03. The van der Waals surface area contributed by atoms with Crippen molar-refractivity contribution in [1.29, 1.82) is 0 Å². The fourth-order valence-corrected chi connectivity index (χ4v) is 4.48. The third-order valence-electron chi connectivity index (χ3n) is 4.12. The number of rotatable bonds is 4. The van der Waals surface area contributed by atoms with E-state index in [4.69, 9.17) is 0 Å². The van der Waals surface area contributed by atoms with Gasteiger partial charge in [-0.3, -0.25) is 4.79 Å². The van der Waals surface area contributed by atoms with Crippen LogP contribution >= 0.6 is 0 Å². The first-order valence-electron chi connectivity index (χ1n) is 8.84. The molecule has 0 saturated carbocycles. The summed E-state index contributed by atoms with van der Waals surface area (Å²) in [7, 11) is -3.72. The van der Waals surface area contributed by atoms with Gasteiger partial charge in [0.25, 0.3) is 5.91 Å². The highest BCUT2D eigenvalue weighted by Crippen LogP contribution is 2.24. The number of anilines is 1. The number of sulfonamides is 1. The predicted octanol–water partition coefficient (Wildman–Crippen LogP) is 4.25. The summed E-state index contributed by atoms with van der Waals surface area (Å²) in [6.45, 7) is 13.0. The molecule has 0 aliphatic carbocycles. The predicted molar refractivity (Wildman–Crippen MR) is 110 cm³/mol. The van der Waals surface area contributed by atoms with E-state index >= 15 is 0 Å². The zero-order chi connectivity index (χ0) is 20.6. The van der Waals surface area contributed by atoms with Crippen molar-refractivity contribution in [3.05, 3.63) is 58.1 Å². The van der Waals surface area contributed by atoms with Gasteiger partial charge in [0.1, 0.15) is 0 Å². The van der Waals surface area contributed by atoms with Gasteiger partial charge in [0.15, 0.2) is 0 Å². The Labute approximate surface area is 162 Å². The molecule has 0 aromatic heterocycles. The minimum atomic E-state index is -3.72. The molecule has 0 fully saturated rings. The molecular weight excluding hydrogens is 360 g/mol. The first kappa shape index (κ1) is 21.1. The van der Waals surface area contributed by atoms with Crippen molar-refractivity contribution in [2.24, 2.45) is 0 Å². The quantitative estimate of drug-likeness (QED) is 0.822. The van der Waals surface area contributed by atoms with Crippen LogP contribution in [-0.4, -0.2) is 19.9 Å². The third kappa shape index (κ3) is 5.17. The summed E-state index contributed by atoms with van der Waals surface area (Å²) in [5, 5.41) is 2.94. The Morgan fingerprint density at radius 1 is 0.889 bits per heavy atom. The van der Waals surface area contributed by atoms with Crippen molar-refractivity contribution in [2.45, 2.75) is 58.9 Å². The molecule has 1 amide bonds. The topological polar surface area (TPSA) is 75.3 Å². The number of hydrogen-bond donors (Lipinski definition) is 2. The van der Waals surface area contributed by atoms with Crippen molar-refractivity contribution in [2.75, 3.05) is 5.32 Å². The largest absolute Gasteiger partial charge is 0.321 e. The van der Waals surface area contributed by atoms with Gasteiger partial charge in [-0.15, -0.1) is 0 Å². The SMILES string of the molecule is Cc1cc(C)c(NC(=O)c2cc(S(=O)(=O)NC(C)(C)C)ccc2C)c(C)c1. The van der Waals surface area contributed by atoms with Crippen molar-refractivity contribution >= 4 is 21.6 Å². The number of aryl methyl sites for hydroxylation is 4. The highest BCUT2D eigenvalue weighted by molar-refractivity contribution is 7.89. The maximum absolute atomic E-state index is 12.9. The zero-order valence-corrected chi connectivity index (χ0v) is 17.8. The minimum absolute atomic E-state index is 0.0746. The van der Waals surface area contributed by atoms with E-state index in [1.807, 2.05) is 32.9 Å². The lowest BCUT2D eigenvalue weighted by atomic mass is 10.0. The molecule has 146 valence electrons. The average molecular weight is 389 g/mol. The molecule has 0 unspecified atom stereocenters. The van der Waals surface area contributed by atoms with Crippen LogP contribution in [0.25, 0.3) is 0 Å². The normalized spacial score (nSPS) is 12.1. The molecule has 2 aromatic carbocycles. The lowest BCUT2D eigenvalue weighted by Crippen LogP contribution is -2.40. The molecule has 0 heterocycles. The van der Waals surface area contributed by atoms with Crippen LogP contribution in [0.15, 0.2) is 35.2 Å². The van der Waals surface area contributed by atoms with Crippen LogP contribution in [0.4, 0.5) is 5.69 Å². The number of hydrogen-bond acceptors (Lipinski definition) is 3. The van der Waals surface area contributed by atoms with E-state index in [1.165, 1.54) is 12.1 Å². The fraction of sp³-hybridized carbons (Fsp3) is 0.381. The first-order chi connectivity index (χ1) is 12.3. The van der Waals surface area contributed by atoms with Gasteiger partial charge in [-0.2, -0.15) is 0 Å².